The molecule has 1 aromatic heterocycles. The summed E-state index contributed by atoms with van der Waals surface area (Å²) in [5.41, 5.74) is 2.67. The third kappa shape index (κ3) is 3.39. The normalized spacial score (nSPS) is 15.0. The number of carbonyl (C=O) groups excluding carboxylic acids is 1. The fraction of sp³-hybridized carbons (Fsp3) is 0.444. The van der Waals surface area contributed by atoms with Gasteiger partial charge >= 0.3 is 0 Å². The minimum absolute atomic E-state index is 0.0894. The van der Waals surface area contributed by atoms with E-state index in [9.17, 15) is 9.90 Å². The highest BCUT2D eigenvalue weighted by molar-refractivity contribution is 7.15. The number of benzene rings is 1. The maximum Gasteiger partial charge on any atom is 0.221 e. The van der Waals surface area contributed by atoms with Gasteiger partial charge in [0.05, 0.1) is 21.3 Å². The van der Waals surface area contributed by atoms with E-state index in [1.54, 1.807) is 17.4 Å². The molecule has 0 radical (unpaired) electrons. The van der Waals surface area contributed by atoms with E-state index >= 15 is 0 Å². The predicted octanol–water partition coefficient (Wildman–Crippen LogP) is 4.69. The quantitative estimate of drug-likeness (QED) is 0.799. The number of amides is 1. The molecule has 122 valence electrons. The lowest BCUT2D eigenvalue weighted by atomic mass is 10.00. The summed E-state index contributed by atoms with van der Waals surface area (Å²) in [7, 11) is 0. The maximum atomic E-state index is 11.3. The number of carbonyl (C=O) groups is 1. The van der Waals surface area contributed by atoms with Crippen molar-refractivity contribution in [3.05, 3.63) is 28.9 Å². The predicted molar refractivity (Wildman–Crippen MR) is 94.1 cm³/mol. The molecule has 1 amide bonds. The molecule has 4 nitrogen and oxygen atoms in total. The van der Waals surface area contributed by atoms with E-state index in [0.29, 0.717) is 11.6 Å². The number of anilines is 1. The molecule has 2 N–H and O–H groups in total. The first-order chi connectivity index (χ1) is 11.1. The van der Waals surface area contributed by atoms with Gasteiger partial charge in [-0.25, -0.2) is 4.98 Å². The number of hydrogen-bond acceptors (Lipinski definition) is 4. The van der Waals surface area contributed by atoms with Gasteiger partial charge in [-0.3, -0.25) is 4.79 Å². The minimum Gasteiger partial charge on any atom is -0.506 e. The van der Waals surface area contributed by atoms with E-state index in [1.807, 2.05) is 12.1 Å². The van der Waals surface area contributed by atoms with Gasteiger partial charge < -0.3 is 10.4 Å². The van der Waals surface area contributed by atoms with Gasteiger partial charge in [0, 0.05) is 12.8 Å². The van der Waals surface area contributed by atoms with Crippen molar-refractivity contribution in [2.75, 3.05) is 5.32 Å². The summed E-state index contributed by atoms with van der Waals surface area (Å²) in [6.45, 7) is 3.57. The SMILES string of the molecule is CCc1nc(C2CCCC2)c(-c2ccc(O)c(NC(C)=O)c2)s1. The van der Waals surface area contributed by atoms with Crippen LogP contribution in [0.2, 0.25) is 0 Å². The molecule has 1 aliphatic carbocycles. The minimum atomic E-state index is -0.188. The summed E-state index contributed by atoms with van der Waals surface area (Å²) in [6.07, 6.45) is 5.89. The molecule has 5 heteroatoms. The fourth-order valence-corrected chi connectivity index (χ4v) is 4.26. The van der Waals surface area contributed by atoms with Crippen LogP contribution >= 0.6 is 11.3 Å². The maximum absolute atomic E-state index is 11.3. The summed E-state index contributed by atoms with van der Waals surface area (Å²) in [5, 5.41) is 13.8. The van der Waals surface area contributed by atoms with Gasteiger partial charge in [0.15, 0.2) is 0 Å². The van der Waals surface area contributed by atoms with E-state index in [0.717, 1.165) is 17.0 Å². The first-order valence-corrected chi connectivity index (χ1v) is 9.00. The number of aromatic nitrogens is 1. The second-order valence-corrected chi connectivity index (χ2v) is 7.15. The number of nitrogens with one attached hydrogen (secondary N) is 1. The zero-order chi connectivity index (χ0) is 16.4. The molecule has 23 heavy (non-hydrogen) atoms. The second kappa shape index (κ2) is 6.71. The Hall–Kier alpha value is -1.88. The fourth-order valence-electron chi connectivity index (χ4n) is 3.18. The number of phenolic OH excluding ortho intramolecular Hbond substituents is 1. The van der Waals surface area contributed by atoms with Crippen LogP contribution in [0.3, 0.4) is 0 Å². The highest BCUT2D eigenvalue weighted by atomic mass is 32.1. The first kappa shape index (κ1) is 16.0. The van der Waals surface area contributed by atoms with Gasteiger partial charge in [-0.1, -0.05) is 19.8 Å². The summed E-state index contributed by atoms with van der Waals surface area (Å²) in [4.78, 5) is 17.4. The molecule has 0 aliphatic heterocycles. The van der Waals surface area contributed by atoms with Gasteiger partial charge in [-0.05, 0) is 43.0 Å². The van der Waals surface area contributed by atoms with Crippen molar-refractivity contribution in [3.8, 4) is 16.2 Å². The van der Waals surface area contributed by atoms with Crippen LogP contribution in [0.4, 0.5) is 5.69 Å². The Bertz CT molecular complexity index is 718. The van der Waals surface area contributed by atoms with Crippen molar-refractivity contribution in [1.29, 1.82) is 0 Å². The number of rotatable bonds is 4. The average Bonchev–Trinajstić information content (AvgIpc) is 3.17. The van der Waals surface area contributed by atoms with Gasteiger partial charge in [-0.15, -0.1) is 11.3 Å². The molecule has 1 fully saturated rings. The number of aromatic hydroxyl groups is 1. The van der Waals surface area contributed by atoms with E-state index < -0.39 is 0 Å². The van der Waals surface area contributed by atoms with Crippen LogP contribution in [0, 0.1) is 0 Å². The summed E-state index contributed by atoms with van der Waals surface area (Å²) < 4.78 is 0. The highest BCUT2D eigenvalue weighted by Crippen LogP contribution is 2.43. The Morgan fingerprint density at radius 2 is 2.13 bits per heavy atom. The second-order valence-electron chi connectivity index (χ2n) is 6.07. The molecule has 1 aromatic carbocycles. The van der Waals surface area contributed by atoms with E-state index in [2.05, 4.69) is 12.2 Å². The molecular formula is C18H22N2O2S. The van der Waals surface area contributed by atoms with Crippen LogP contribution in [-0.2, 0) is 11.2 Å². The largest absolute Gasteiger partial charge is 0.506 e. The highest BCUT2D eigenvalue weighted by Gasteiger charge is 2.24. The van der Waals surface area contributed by atoms with Crippen LogP contribution in [0.5, 0.6) is 5.75 Å². The average molecular weight is 330 g/mol. The van der Waals surface area contributed by atoms with Crippen molar-refractivity contribution < 1.29 is 9.90 Å². The standard InChI is InChI=1S/C18H22N2O2S/c1-3-16-20-17(12-6-4-5-7-12)18(23-16)13-8-9-15(22)14(10-13)19-11(2)21/h8-10,12,22H,3-7H2,1-2H3,(H,19,21). The van der Waals surface area contributed by atoms with Gasteiger partial charge in [0.2, 0.25) is 5.91 Å². The summed E-state index contributed by atoms with van der Waals surface area (Å²) >= 11 is 1.73. The van der Waals surface area contributed by atoms with Crippen LogP contribution in [0.1, 0.15) is 56.2 Å². The number of nitrogens with zero attached hydrogens (tertiary/aromatic N) is 1. The molecule has 1 heterocycles. The van der Waals surface area contributed by atoms with Gasteiger partial charge in [-0.2, -0.15) is 0 Å². The molecule has 3 rings (SSSR count). The Kier molecular flexibility index (Phi) is 4.66. The topological polar surface area (TPSA) is 62.2 Å². The van der Waals surface area contributed by atoms with E-state index in [4.69, 9.17) is 4.98 Å². The van der Waals surface area contributed by atoms with E-state index in [-0.39, 0.29) is 11.7 Å². The van der Waals surface area contributed by atoms with Crippen LogP contribution in [-0.4, -0.2) is 16.0 Å². The first-order valence-electron chi connectivity index (χ1n) is 8.19. The number of thiazole rings is 1. The third-order valence-corrected chi connectivity index (χ3v) is 5.58. The monoisotopic (exact) mass is 330 g/mol. The lowest BCUT2D eigenvalue weighted by Gasteiger charge is -2.11. The number of hydrogen-bond donors (Lipinski definition) is 2. The molecule has 1 saturated carbocycles. The van der Waals surface area contributed by atoms with Crippen molar-refractivity contribution in [1.82, 2.24) is 4.98 Å². The molecular weight excluding hydrogens is 308 g/mol. The zero-order valence-electron chi connectivity index (χ0n) is 13.6. The number of phenols is 1. The van der Waals surface area contributed by atoms with Crippen LogP contribution < -0.4 is 5.32 Å². The van der Waals surface area contributed by atoms with Gasteiger partial charge in [0.1, 0.15) is 5.75 Å². The molecule has 2 aromatic rings. The van der Waals surface area contributed by atoms with E-state index in [1.165, 1.54) is 43.2 Å². The van der Waals surface area contributed by atoms with Crippen LogP contribution in [0.15, 0.2) is 18.2 Å². The Morgan fingerprint density at radius 3 is 2.78 bits per heavy atom. The van der Waals surface area contributed by atoms with Gasteiger partial charge in [0.25, 0.3) is 0 Å². The third-order valence-electron chi connectivity index (χ3n) is 4.31. The smallest absolute Gasteiger partial charge is 0.221 e. The molecule has 0 bridgehead atoms. The Labute approximate surface area is 140 Å². The molecule has 0 atom stereocenters. The molecule has 1 aliphatic rings. The molecule has 0 saturated heterocycles. The van der Waals surface area contributed by atoms with Crippen molar-refractivity contribution in [2.24, 2.45) is 0 Å². The molecule has 0 spiro atoms. The molecule has 0 unspecified atom stereocenters. The number of aryl methyl sites for hydroxylation is 1. The summed E-state index contributed by atoms with van der Waals surface area (Å²) in [6, 6.07) is 5.40. The van der Waals surface area contributed by atoms with Crippen molar-refractivity contribution in [3.63, 3.8) is 0 Å². The lowest BCUT2D eigenvalue weighted by molar-refractivity contribution is -0.114. The Morgan fingerprint density at radius 1 is 1.39 bits per heavy atom. The zero-order valence-corrected chi connectivity index (χ0v) is 14.4. The van der Waals surface area contributed by atoms with Crippen molar-refractivity contribution in [2.45, 2.75) is 51.9 Å². The van der Waals surface area contributed by atoms with Crippen LogP contribution in [0.25, 0.3) is 10.4 Å². The lowest BCUT2D eigenvalue weighted by Crippen LogP contribution is -2.06. The Balaban J connectivity index is 2.03. The summed E-state index contributed by atoms with van der Waals surface area (Å²) in [5.74, 6) is 0.443. The van der Waals surface area contributed by atoms with Crippen molar-refractivity contribution >= 4 is 22.9 Å².